The van der Waals surface area contributed by atoms with Gasteiger partial charge in [0.1, 0.15) is 0 Å². The van der Waals surface area contributed by atoms with Crippen LogP contribution in [0.1, 0.15) is 158 Å². The van der Waals surface area contributed by atoms with Crippen molar-refractivity contribution < 1.29 is 9.79 Å². The Balaban J connectivity index is 3.45. The molecular weight excluding hydrogens is 531 g/mol. The molecule has 0 atom stereocenters. The summed E-state index contributed by atoms with van der Waals surface area (Å²) in [6, 6.07) is 8.71. The van der Waals surface area contributed by atoms with Crippen LogP contribution in [0.4, 0.5) is 0 Å². The van der Waals surface area contributed by atoms with Crippen LogP contribution in [0, 0.1) is 0 Å². The van der Waals surface area contributed by atoms with E-state index < -0.39 is 6.41 Å². The van der Waals surface area contributed by atoms with Gasteiger partial charge in [-0.2, -0.15) is 0 Å². The molecule has 0 bridgehead atoms. The minimum atomic E-state index is -5.29. The standard InChI is InChI=1S/C36H60ClO2P/c1-31(2,3)23-19-25(33(7,8)9)29(26(20-23)34(10,11)12)40(37,38,39)30-27(35(13,14)15)21-24(32(4,5)6)22-28(30)36(16,17)18/h19-22,38-39H,1-18H3. The summed E-state index contributed by atoms with van der Waals surface area (Å²) in [5.41, 5.74) is 4.21. The first-order chi connectivity index (χ1) is 17.2. The molecule has 0 saturated carbocycles. The van der Waals surface area contributed by atoms with E-state index in [1.165, 1.54) is 11.1 Å². The van der Waals surface area contributed by atoms with Crippen molar-refractivity contribution in [1.82, 2.24) is 0 Å². The van der Waals surface area contributed by atoms with Crippen LogP contribution in [-0.2, 0) is 32.5 Å². The first-order valence-corrected chi connectivity index (χ1v) is 17.9. The van der Waals surface area contributed by atoms with Gasteiger partial charge in [-0.05, 0) is 0 Å². The molecule has 2 rings (SSSR count). The summed E-state index contributed by atoms with van der Waals surface area (Å²) in [4.78, 5) is 26.3. The van der Waals surface area contributed by atoms with Gasteiger partial charge < -0.3 is 0 Å². The van der Waals surface area contributed by atoms with Crippen molar-refractivity contribution in [2.45, 2.75) is 157 Å². The summed E-state index contributed by atoms with van der Waals surface area (Å²) >= 11 is 7.66. The molecule has 2 aromatic carbocycles. The first-order valence-electron chi connectivity index (χ1n) is 14.8. The van der Waals surface area contributed by atoms with Crippen LogP contribution in [0.15, 0.2) is 24.3 Å². The van der Waals surface area contributed by atoms with Gasteiger partial charge in [-0.3, -0.25) is 0 Å². The Morgan fingerprint density at radius 1 is 0.400 bits per heavy atom. The molecule has 40 heavy (non-hydrogen) atoms. The first kappa shape index (κ1) is 35.3. The van der Waals surface area contributed by atoms with Crippen molar-refractivity contribution in [1.29, 1.82) is 0 Å². The zero-order valence-electron chi connectivity index (χ0n) is 29.0. The molecule has 0 radical (unpaired) electrons. The van der Waals surface area contributed by atoms with Gasteiger partial charge in [0.05, 0.1) is 0 Å². The van der Waals surface area contributed by atoms with Gasteiger partial charge >= 0.3 is 253 Å². The van der Waals surface area contributed by atoms with Crippen LogP contribution in [0.25, 0.3) is 0 Å². The minimum absolute atomic E-state index is 0.117. The second-order valence-corrected chi connectivity index (χ2v) is 22.9. The molecule has 0 fully saturated rings. The summed E-state index contributed by atoms with van der Waals surface area (Å²) < 4.78 is 0. The molecule has 0 amide bonds. The third-order valence-corrected chi connectivity index (χ3v) is 11.5. The Morgan fingerprint density at radius 2 is 0.575 bits per heavy atom. The molecule has 0 spiro atoms. The van der Waals surface area contributed by atoms with E-state index in [0.29, 0.717) is 10.6 Å². The van der Waals surface area contributed by atoms with Crippen molar-refractivity contribution in [3.8, 4) is 0 Å². The SMILES string of the molecule is CC(C)(C)c1cc(C(C)(C)C)c(P(O)(O)(Cl)c2c(C(C)(C)C)cc(C(C)(C)C)cc2C(C)(C)C)c(C(C)(C)C)c1. The number of rotatable bonds is 2. The number of benzene rings is 2. The fourth-order valence-corrected chi connectivity index (χ4v) is 10.0. The van der Waals surface area contributed by atoms with E-state index >= 15 is 0 Å². The van der Waals surface area contributed by atoms with Crippen LogP contribution in [0.3, 0.4) is 0 Å². The van der Waals surface area contributed by atoms with Crippen LogP contribution >= 0.6 is 17.7 Å². The van der Waals surface area contributed by atoms with Crippen molar-refractivity contribution in [2.75, 3.05) is 0 Å². The number of halogens is 1. The summed E-state index contributed by atoms with van der Waals surface area (Å²) in [6.45, 7) is 39.0. The Hall–Kier alpha value is -0.920. The molecule has 0 saturated heterocycles. The molecule has 2 N–H and O–H groups in total. The van der Waals surface area contributed by atoms with Crippen molar-refractivity contribution in [3.05, 3.63) is 57.6 Å². The molecule has 0 heterocycles. The maximum atomic E-state index is 13.1. The van der Waals surface area contributed by atoms with Gasteiger partial charge in [-0.25, -0.2) is 0 Å². The average Bonchev–Trinajstić information content (AvgIpc) is 2.67. The molecule has 0 aromatic heterocycles. The van der Waals surface area contributed by atoms with Crippen LogP contribution < -0.4 is 10.6 Å². The van der Waals surface area contributed by atoms with Gasteiger partial charge in [0.15, 0.2) is 0 Å². The molecule has 0 aliphatic heterocycles. The molecule has 0 aliphatic carbocycles. The van der Waals surface area contributed by atoms with Crippen LogP contribution in [0.5, 0.6) is 0 Å². The van der Waals surface area contributed by atoms with Gasteiger partial charge in [0.2, 0.25) is 0 Å². The normalized spacial score (nSPS) is 15.7. The fourth-order valence-electron chi connectivity index (χ4n) is 5.39. The van der Waals surface area contributed by atoms with Crippen molar-refractivity contribution in [2.24, 2.45) is 0 Å². The Labute approximate surface area is 252 Å². The van der Waals surface area contributed by atoms with E-state index in [9.17, 15) is 9.79 Å². The monoisotopic (exact) mass is 590 g/mol. The van der Waals surface area contributed by atoms with Crippen LogP contribution in [-0.4, -0.2) is 9.79 Å². The molecule has 4 heteroatoms. The molecule has 0 aliphatic rings. The van der Waals surface area contributed by atoms with E-state index in [-0.39, 0.29) is 32.5 Å². The van der Waals surface area contributed by atoms with E-state index in [0.717, 1.165) is 22.3 Å². The quantitative estimate of drug-likeness (QED) is 0.342. The van der Waals surface area contributed by atoms with Gasteiger partial charge in [0, 0.05) is 0 Å². The van der Waals surface area contributed by atoms with Gasteiger partial charge in [0.25, 0.3) is 0 Å². The Morgan fingerprint density at radius 3 is 0.700 bits per heavy atom. The molecule has 0 unspecified atom stereocenters. The average molecular weight is 591 g/mol. The topological polar surface area (TPSA) is 40.5 Å². The summed E-state index contributed by atoms with van der Waals surface area (Å²) in [5, 5.41) is 1.03. The predicted octanol–water partition coefficient (Wildman–Crippen LogP) is 9.94. The summed E-state index contributed by atoms with van der Waals surface area (Å²) in [7, 11) is 0. The van der Waals surface area contributed by atoms with E-state index in [1.54, 1.807) is 0 Å². The maximum absolute atomic E-state index is 13.1. The fraction of sp³-hybridized carbons (Fsp3) is 0.667. The van der Waals surface area contributed by atoms with Crippen molar-refractivity contribution in [3.63, 3.8) is 0 Å². The Kier molecular flexibility index (Phi) is 8.65. The van der Waals surface area contributed by atoms with E-state index in [4.69, 9.17) is 11.2 Å². The summed E-state index contributed by atoms with van der Waals surface area (Å²) in [6.07, 6.45) is -5.29. The number of hydrogen-bond donors (Lipinski definition) is 2. The third kappa shape index (κ3) is 6.99. The predicted molar refractivity (Wildman–Crippen MR) is 182 cm³/mol. The molecule has 228 valence electrons. The number of hydrogen-bond acceptors (Lipinski definition) is 2. The van der Waals surface area contributed by atoms with Crippen molar-refractivity contribution >= 4 is 28.3 Å². The second kappa shape index (κ2) is 9.80. The summed E-state index contributed by atoms with van der Waals surface area (Å²) in [5.74, 6) is 0. The second-order valence-electron chi connectivity index (χ2n) is 18.3. The Bertz CT molecular complexity index is 1100. The molecule has 2 nitrogen and oxygen atoms in total. The van der Waals surface area contributed by atoms with Gasteiger partial charge in [-0.15, -0.1) is 0 Å². The van der Waals surface area contributed by atoms with E-state index in [2.05, 4.69) is 149 Å². The van der Waals surface area contributed by atoms with Gasteiger partial charge in [-0.1, -0.05) is 0 Å². The van der Waals surface area contributed by atoms with E-state index in [1.807, 2.05) is 0 Å². The third-order valence-electron chi connectivity index (χ3n) is 7.98. The molecule has 2 aromatic rings. The zero-order chi connectivity index (χ0) is 31.9. The van der Waals surface area contributed by atoms with Crippen LogP contribution in [0.2, 0.25) is 0 Å². The molecular formula is C36H60ClO2P. The zero-order valence-corrected chi connectivity index (χ0v) is 30.7.